The minimum atomic E-state index is -0.957. The number of carboxylic acids is 1. The predicted octanol–water partition coefficient (Wildman–Crippen LogP) is 0.616. The molecule has 1 N–H and O–H groups in total. The van der Waals surface area contributed by atoms with Gasteiger partial charge in [-0.15, -0.1) is 0 Å². The Bertz CT molecular complexity index is 528. The van der Waals surface area contributed by atoms with E-state index in [-0.39, 0.29) is 11.5 Å². The van der Waals surface area contributed by atoms with Crippen molar-refractivity contribution in [3.63, 3.8) is 0 Å². The van der Waals surface area contributed by atoms with Crippen molar-refractivity contribution in [2.45, 2.75) is 19.4 Å². The second kappa shape index (κ2) is 6.00. The summed E-state index contributed by atoms with van der Waals surface area (Å²) in [6.07, 6.45) is 4.10. The zero-order valence-electron chi connectivity index (χ0n) is 11.8. The Morgan fingerprint density at radius 3 is 2.80 bits per heavy atom. The number of hydrogen-bond donors (Lipinski definition) is 1. The minimum Gasteiger partial charge on any atom is -0.478 e. The second-order valence-corrected chi connectivity index (χ2v) is 5.25. The van der Waals surface area contributed by atoms with Crippen molar-refractivity contribution in [1.82, 2.24) is 14.8 Å². The van der Waals surface area contributed by atoms with E-state index in [9.17, 15) is 9.59 Å². The van der Waals surface area contributed by atoms with Gasteiger partial charge in [-0.25, -0.2) is 4.79 Å². The molecule has 0 saturated carbocycles. The van der Waals surface area contributed by atoms with E-state index in [1.807, 2.05) is 19.0 Å². The summed E-state index contributed by atoms with van der Waals surface area (Å²) in [4.78, 5) is 30.9. The molecule has 0 bridgehead atoms. The SMILES string of the molecule is CN(C)CCC(=O)N1CCc2c(cncc2C(=O)O)C1. The van der Waals surface area contributed by atoms with Crippen molar-refractivity contribution in [3.8, 4) is 0 Å². The monoisotopic (exact) mass is 277 g/mol. The molecule has 0 aromatic carbocycles. The highest BCUT2D eigenvalue weighted by Crippen LogP contribution is 2.22. The molecule has 1 aromatic heterocycles. The van der Waals surface area contributed by atoms with Gasteiger partial charge in [-0.2, -0.15) is 0 Å². The molecule has 0 atom stereocenters. The Labute approximate surface area is 118 Å². The maximum Gasteiger partial charge on any atom is 0.337 e. The van der Waals surface area contributed by atoms with E-state index in [1.165, 1.54) is 6.20 Å². The lowest BCUT2D eigenvalue weighted by molar-refractivity contribution is -0.132. The number of aromatic nitrogens is 1. The summed E-state index contributed by atoms with van der Waals surface area (Å²) in [7, 11) is 3.86. The molecule has 1 aliphatic heterocycles. The van der Waals surface area contributed by atoms with Crippen LogP contribution in [0.3, 0.4) is 0 Å². The first-order chi connectivity index (χ1) is 9.49. The fraction of sp³-hybridized carbons (Fsp3) is 0.500. The third-order valence-electron chi connectivity index (χ3n) is 3.50. The number of carboxylic acid groups (broad SMARTS) is 1. The number of carbonyl (C=O) groups excluding carboxylic acids is 1. The van der Waals surface area contributed by atoms with Crippen molar-refractivity contribution in [2.24, 2.45) is 0 Å². The van der Waals surface area contributed by atoms with Gasteiger partial charge in [0.1, 0.15) is 0 Å². The van der Waals surface area contributed by atoms with E-state index < -0.39 is 5.97 Å². The van der Waals surface area contributed by atoms with Gasteiger partial charge in [-0.1, -0.05) is 0 Å². The number of amides is 1. The van der Waals surface area contributed by atoms with Crippen molar-refractivity contribution >= 4 is 11.9 Å². The van der Waals surface area contributed by atoms with Crippen LogP contribution in [-0.4, -0.2) is 59.0 Å². The van der Waals surface area contributed by atoms with Gasteiger partial charge in [0.25, 0.3) is 0 Å². The molecule has 0 unspecified atom stereocenters. The summed E-state index contributed by atoms with van der Waals surface area (Å²) < 4.78 is 0. The van der Waals surface area contributed by atoms with Crippen molar-refractivity contribution in [2.75, 3.05) is 27.2 Å². The summed E-state index contributed by atoms with van der Waals surface area (Å²) in [6, 6.07) is 0. The van der Waals surface area contributed by atoms with Gasteiger partial charge in [0.15, 0.2) is 0 Å². The number of carbonyl (C=O) groups is 2. The number of aromatic carboxylic acids is 1. The highest BCUT2D eigenvalue weighted by molar-refractivity contribution is 5.89. The average molecular weight is 277 g/mol. The molecule has 0 fully saturated rings. The molecule has 20 heavy (non-hydrogen) atoms. The van der Waals surface area contributed by atoms with E-state index in [0.29, 0.717) is 25.9 Å². The Morgan fingerprint density at radius 1 is 1.40 bits per heavy atom. The first-order valence-electron chi connectivity index (χ1n) is 6.60. The van der Waals surface area contributed by atoms with Crippen molar-refractivity contribution in [3.05, 3.63) is 29.1 Å². The third-order valence-corrected chi connectivity index (χ3v) is 3.50. The zero-order chi connectivity index (χ0) is 14.7. The molecular weight excluding hydrogens is 258 g/mol. The minimum absolute atomic E-state index is 0.102. The second-order valence-electron chi connectivity index (χ2n) is 5.25. The van der Waals surface area contributed by atoms with Crippen LogP contribution < -0.4 is 0 Å². The number of rotatable bonds is 4. The molecule has 1 aromatic rings. The largest absolute Gasteiger partial charge is 0.478 e. The van der Waals surface area contributed by atoms with Crippen LogP contribution in [0, 0.1) is 0 Å². The van der Waals surface area contributed by atoms with Crippen molar-refractivity contribution < 1.29 is 14.7 Å². The highest BCUT2D eigenvalue weighted by atomic mass is 16.4. The number of fused-ring (bicyclic) bond motifs is 1. The topological polar surface area (TPSA) is 73.7 Å². The van der Waals surface area contributed by atoms with E-state index in [1.54, 1.807) is 11.1 Å². The molecule has 2 rings (SSSR count). The third kappa shape index (κ3) is 3.14. The standard InChI is InChI=1S/C14H19N3O3/c1-16(2)5-4-13(18)17-6-3-11-10(9-17)7-15-8-12(11)14(19)20/h7-8H,3-6,9H2,1-2H3,(H,19,20). The Balaban J connectivity index is 2.10. The van der Waals surface area contributed by atoms with Crippen LogP contribution >= 0.6 is 0 Å². The van der Waals surface area contributed by atoms with Crippen LogP contribution in [0.15, 0.2) is 12.4 Å². The molecule has 1 amide bonds. The van der Waals surface area contributed by atoms with E-state index in [0.717, 1.165) is 17.7 Å². The lowest BCUT2D eigenvalue weighted by Crippen LogP contribution is -2.37. The van der Waals surface area contributed by atoms with Gasteiger partial charge in [-0.05, 0) is 31.6 Å². The summed E-state index contributed by atoms with van der Waals surface area (Å²) >= 11 is 0. The Kier molecular flexibility index (Phi) is 4.34. The van der Waals surface area contributed by atoms with Crippen LogP contribution in [0.5, 0.6) is 0 Å². The molecule has 0 aliphatic carbocycles. The Morgan fingerprint density at radius 2 is 2.15 bits per heavy atom. The van der Waals surface area contributed by atoms with Crippen molar-refractivity contribution in [1.29, 1.82) is 0 Å². The molecule has 1 aliphatic rings. The fourth-order valence-electron chi connectivity index (χ4n) is 2.37. The first kappa shape index (κ1) is 14.5. The molecule has 6 heteroatoms. The zero-order valence-corrected chi connectivity index (χ0v) is 11.8. The van der Waals surface area contributed by atoms with Crippen LogP contribution in [0.4, 0.5) is 0 Å². The fourth-order valence-corrected chi connectivity index (χ4v) is 2.37. The maximum atomic E-state index is 12.1. The first-order valence-corrected chi connectivity index (χ1v) is 6.60. The van der Waals surface area contributed by atoms with Gasteiger partial charge in [0, 0.05) is 38.4 Å². The van der Waals surface area contributed by atoms with Gasteiger partial charge >= 0.3 is 5.97 Å². The van der Waals surface area contributed by atoms with Gasteiger partial charge in [0.2, 0.25) is 5.91 Å². The summed E-state index contributed by atoms with van der Waals surface area (Å²) in [5, 5.41) is 9.14. The molecule has 0 saturated heterocycles. The number of pyridine rings is 1. The molecule has 6 nitrogen and oxygen atoms in total. The maximum absolute atomic E-state index is 12.1. The summed E-state index contributed by atoms with van der Waals surface area (Å²) in [5.41, 5.74) is 1.90. The highest BCUT2D eigenvalue weighted by Gasteiger charge is 2.24. The molecule has 108 valence electrons. The van der Waals surface area contributed by atoms with E-state index in [4.69, 9.17) is 5.11 Å². The Hall–Kier alpha value is -1.95. The van der Waals surface area contributed by atoms with Crippen LogP contribution in [0.2, 0.25) is 0 Å². The smallest absolute Gasteiger partial charge is 0.337 e. The molecule has 0 spiro atoms. The summed E-state index contributed by atoms with van der Waals surface area (Å²) in [6.45, 7) is 1.74. The van der Waals surface area contributed by atoms with E-state index in [2.05, 4.69) is 4.98 Å². The normalized spacial score (nSPS) is 14.2. The van der Waals surface area contributed by atoms with Gasteiger partial charge in [0.05, 0.1) is 5.56 Å². The quantitative estimate of drug-likeness (QED) is 0.873. The number of nitrogens with zero attached hydrogens (tertiary/aromatic N) is 3. The van der Waals surface area contributed by atoms with Gasteiger partial charge < -0.3 is 14.9 Å². The lowest BCUT2D eigenvalue weighted by atomic mass is 9.97. The number of hydrogen-bond acceptors (Lipinski definition) is 4. The summed E-state index contributed by atoms with van der Waals surface area (Å²) in [5.74, 6) is -0.855. The molecule has 2 heterocycles. The average Bonchev–Trinajstić information content (AvgIpc) is 2.43. The van der Waals surface area contributed by atoms with E-state index >= 15 is 0 Å². The molecular formula is C14H19N3O3. The van der Waals surface area contributed by atoms with Gasteiger partial charge in [-0.3, -0.25) is 9.78 Å². The predicted molar refractivity (Wildman–Crippen MR) is 73.5 cm³/mol. The molecule has 0 radical (unpaired) electrons. The lowest BCUT2D eigenvalue weighted by Gasteiger charge is -2.29. The van der Waals surface area contributed by atoms with Crippen LogP contribution in [0.1, 0.15) is 27.9 Å². The van der Waals surface area contributed by atoms with Crippen LogP contribution in [-0.2, 0) is 17.8 Å². The van der Waals surface area contributed by atoms with Crippen LogP contribution in [0.25, 0.3) is 0 Å².